The van der Waals surface area contributed by atoms with Crippen molar-refractivity contribution in [2.45, 2.75) is 19.4 Å². The fourth-order valence-electron chi connectivity index (χ4n) is 4.70. The predicted molar refractivity (Wildman–Crippen MR) is 103 cm³/mol. The van der Waals surface area contributed by atoms with E-state index in [-0.39, 0.29) is 35.5 Å². The number of hydrogen-bond acceptors (Lipinski definition) is 3. The van der Waals surface area contributed by atoms with Gasteiger partial charge in [-0.15, -0.1) is 0 Å². The molecule has 4 unspecified atom stereocenters. The minimum Gasteiger partial charge on any atom is -0.357 e. The van der Waals surface area contributed by atoms with Crippen molar-refractivity contribution < 1.29 is 9.59 Å². The number of amides is 2. The standard InChI is InChI=1S/C20H27N5O2/c1-21-20(23-11-13-6-9-24(2)12-13)22-7-3-8-25-18(26)16-14-4-5-15(10-14)17(16)19(25)27/h4-6,9,12,14-17H,3,7-8,10-11H2,1-2H3,(H2,21,22,23). The van der Waals surface area contributed by atoms with Gasteiger partial charge < -0.3 is 15.2 Å². The number of aryl methyl sites for hydroxylation is 1. The summed E-state index contributed by atoms with van der Waals surface area (Å²) in [6, 6.07) is 2.06. The maximum Gasteiger partial charge on any atom is 0.233 e. The molecule has 1 aliphatic heterocycles. The Labute approximate surface area is 159 Å². The fourth-order valence-corrected chi connectivity index (χ4v) is 4.70. The van der Waals surface area contributed by atoms with Gasteiger partial charge in [-0.3, -0.25) is 19.5 Å². The van der Waals surface area contributed by atoms with Crippen LogP contribution in [0.5, 0.6) is 0 Å². The first-order valence-corrected chi connectivity index (χ1v) is 9.67. The van der Waals surface area contributed by atoms with E-state index >= 15 is 0 Å². The van der Waals surface area contributed by atoms with E-state index in [1.165, 1.54) is 10.5 Å². The summed E-state index contributed by atoms with van der Waals surface area (Å²) in [7, 11) is 3.73. The van der Waals surface area contributed by atoms with E-state index in [2.05, 4.69) is 40.0 Å². The third-order valence-corrected chi connectivity index (χ3v) is 5.99. The highest BCUT2D eigenvalue weighted by Crippen LogP contribution is 2.52. The number of carbonyl (C=O) groups excluding carboxylic acids is 2. The van der Waals surface area contributed by atoms with Crippen molar-refractivity contribution in [3.63, 3.8) is 0 Å². The number of aromatic nitrogens is 1. The van der Waals surface area contributed by atoms with E-state index in [9.17, 15) is 9.59 Å². The number of hydrogen-bond donors (Lipinski definition) is 2. The van der Waals surface area contributed by atoms with Crippen LogP contribution in [-0.4, -0.2) is 47.4 Å². The number of nitrogens with one attached hydrogen (secondary N) is 2. The quantitative estimate of drug-likeness (QED) is 0.257. The van der Waals surface area contributed by atoms with Crippen molar-refractivity contribution >= 4 is 17.8 Å². The third-order valence-electron chi connectivity index (χ3n) is 5.99. The molecule has 1 aromatic rings. The Kier molecular flexibility index (Phi) is 4.76. The zero-order valence-corrected chi connectivity index (χ0v) is 15.9. The number of fused-ring (bicyclic) bond motifs is 5. The lowest BCUT2D eigenvalue weighted by atomic mass is 9.85. The zero-order valence-electron chi connectivity index (χ0n) is 15.9. The van der Waals surface area contributed by atoms with Crippen LogP contribution in [0, 0.1) is 23.7 Å². The van der Waals surface area contributed by atoms with Crippen LogP contribution in [0.15, 0.2) is 35.6 Å². The lowest BCUT2D eigenvalue weighted by molar-refractivity contribution is -0.140. The number of guanidine groups is 1. The van der Waals surface area contributed by atoms with Crippen molar-refractivity contribution in [1.29, 1.82) is 0 Å². The van der Waals surface area contributed by atoms with E-state index in [1.807, 2.05) is 17.8 Å². The Hall–Kier alpha value is -2.57. The molecule has 0 aromatic carbocycles. The van der Waals surface area contributed by atoms with Gasteiger partial charge in [0.1, 0.15) is 0 Å². The SMILES string of the molecule is CN=C(NCCCN1C(=O)C2C3C=CC(C3)C2C1=O)NCc1ccn(C)c1. The summed E-state index contributed by atoms with van der Waals surface area (Å²) < 4.78 is 2.01. The number of nitrogens with zero attached hydrogens (tertiary/aromatic N) is 3. The maximum absolute atomic E-state index is 12.6. The van der Waals surface area contributed by atoms with Gasteiger partial charge in [0, 0.05) is 46.1 Å². The number of likely N-dealkylation sites (tertiary alicyclic amines) is 1. The van der Waals surface area contributed by atoms with Crippen LogP contribution in [0.3, 0.4) is 0 Å². The van der Waals surface area contributed by atoms with Crippen molar-refractivity contribution in [3.05, 3.63) is 36.2 Å². The minimum atomic E-state index is -0.0965. The van der Waals surface area contributed by atoms with E-state index in [1.54, 1.807) is 7.05 Å². The second kappa shape index (κ2) is 7.21. The van der Waals surface area contributed by atoms with Crippen LogP contribution in [0.1, 0.15) is 18.4 Å². The molecular formula is C20H27N5O2. The first-order valence-electron chi connectivity index (χ1n) is 9.67. The average Bonchev–Trinajstić information content (AvgIpc) is 3.42. The summed E-state index contributed by atoms with van der Waals surface area (Å²) in [4.78, 5) is 31.0. The summed E-state index contributed by atoms with van der Waals surface area (Å²) in [6.07, 6.45) is 10.0. The van der Waals surface area contributed by atoms with Crippen LogP contribution >= 0.6 is 0 Å². The monoisotopic (exact) mass is 369 g/mol. The number of imide groups is 1. The van der Waals surface area contributed by atoms with Gasteiger partial charge in [0.25, 0.3) is 0 Å². The van der Waals surface area contributed by atoms with Gasteiger partial charge in [0.05, 0.1) is 11.8 Å². The largest absolute Gasteiger partial charge is 0.357 e. The number of aliphatic imine (C=N–C) groups is 1. The first-order chi connectivity index (χ1) is 13.1. The van der Waals surface area contributed by atoms with Gasteiger partial charge in [-0.05, 0) is 36.3 Å². The molecule has 2 N–H and O–H groups in total. The van der Waals surface area contributed by atoms with Crippen LogP contribution < -0.4 is 10.6 Å². The van der Waals surface area contributed by atoms with E-state index in [0.29, 0.717) is 26.1 Å². The predicted octanol–water partition coefficient (Wildman–Crippen LogP) is 0.887. The molecule has 7 heteroatoms. The summed E-state index contributed by atoms with van der Waals surface area (Å²) in [6.45, 7) is 1.83. The molecule has 0 spiro atoms. The van der Waals surface area contributed by atoms with Crippen molar-refractivity contribution in [1.82, 2.24) is 20.1 Å². The lowest BCUT2D eigenvalue weighted by Crippen LogP contribution is -2.39. The normalized spacial score (nSPS) is 29.0. The van der Waals surface area contributed by atoms with E-state index in [4.69, 9.17) is 0 Å². The molecule has 1 aromatic heterocycles. The molecule has 7 nitrogen and oxygen atoms in total. The van der Waals surface area contributed by atoms with Crippen molar-refractivity contribution in [3.8, 4) is 0 Å². The molecule has 1 saturated carbocycles. The molecule has 0 radical (unpaired) electrons. The van der Waals surface area contributed by atoms with Gasteiger partial charge in [-0.25, -0.2) is 0 Å². The zero-order chi connectivity index (χ0) is 19.0. The van der Waals surface area contributed by atoms with Crippen LogP contribution in [-0.2, 0) is 23.2 Å². The number of rotatable bonds is 6. The molecule has 2 bridgehead atoms. The average molecular weight is 369 g/mol. The highest BCUT2D eigenvalue weighted by atomic mass is 16.2. The van der Waals surface area contributed by atoms with Gasteiger partial charge in [0.2, 0.25) is 11.8 Å². The van der Waals surface area contributed by atoms with Crippen molar-refractivity contribution in [2.75, 3.05) is 20.1 Å². The smallest absolute Gasteiger partial charge is 0.233 e. The summed E-state index contributed by atoms with van der Waals surface area (Å²) in [5, 5.41) is 6.52. The Morgan fingerprint density at radius 3 is 2.48 bits per heavy atom. The van der Waals surface area contributed by atoms with Gasteiger partial charge >= 0.3 is 0 Å². The second-order valence-electron chi connectivity index (χ2n) is 7.72. The first kappa shape index (κ1) is 17.8. The minimum absolute atomic E-state index is 0.0356. The molecule has 2 aliphatic carbocycles. The molecular weight excluding hydrogens is 342 g/mol. The highest BCUT2D eigenvalue weighted by Gasteiger charge is 2.58. The van der Waals surface area contributed by atoms with Gasteiger partial charge in [-0.2, -0.15) is 0 Å². The Balaban J connectivity index is 1.22. The van der Waals surface area contributed by atoms with Gasteiger partial charge in [0.15, 0.2) is 5.96 Å². The molecule has 3 aliphatic rings. The summed E-state index contributed by atoms with van der Waals surface area (Å²) >= 11 is 0. The number of allylic oxidation sites excluding steroid dienone is 2. The van der Waals surface area contributed by atoms with Gasteiger partial charge in [-0.1, -0.05) is 12.2 Å². The van der Waals surface area contributed by atoms with Crippen LogP contribution in [0.2, 0.25) is 0 Å². The molecule has 144 valence electrons. The molecule has 4 rings (SSSR count). The fraction of sp³-hybridized carbons (Fsp3) is 0.550. The lowest BCUT2D eigenvalue weighted by Gasteiger charge is -2.18. The second-order valence-corrected chi connectivity index (χ2v) is 7.72. The molecule has 2 fully saturated rings. The summed E-state index contributed by atoms with van der Waals surface area (Å²) in [5.74, 6) is 1.15. The topological polar surface area (TPSA) is 78.7 Å². The molecule has 2 amide bonds. The van der Waals surface area contributed by atoms with E-state index < -0.39 is 0 Å². The molecule has 27 heavy (non-hydrogen) atoms. The van der Waals surface area contributed by atoms with Crippen molar-refractivity contribution in [2.24, 2.45) is 35.7 Å². The number of carbonyl (C=O) groups is 2. The van der Waals surface area contributed by atoms with Crippen LogP contribution in [0.25, 0.3) is 0 Å². The van der Waals surface area contributed by atoms with Crippen LogP contribution in [0.4, 0.5) is 0 Å². The summed E-state index contributed by atoms with van der Waals surface area (Å²) in [5.41, 5.74) is 1.18. The molecule has 4 atom stereocenters. The molecule has 1 saturated heterocycles. The third kappa shape index (κ3) is 3.26. The Morgan fingerprint density at radius 2 is 1.89 bits per heavy atom. The highest BCUT2D eigenvalue weighted by molar-refractivity contribution is 6.06. The Morgan fingerprint density at radius 1 is 1.19 bits per heavy atom. The van der Waals surface area contributed by atoms with E-state index in [0.717, 1.165) is 12.4 Å². The maximum atomic E-state index is 12.6. The molecule has 2 heterocycles. The Bertz CT molecular complexity index is 766.